The molecule has 0 saturated carbocycles. The number of aliphatic imine (C=N–C) groups is 1. The van der Waals surface area contributed by atoms with Gasteiger partial charge in [-0.2, -0.15) is 0 Å². The number of carbonyl (C=O) groups is 1. The summed E-state index contributed by atoms with van der Waals surface area (Å²) < 4.78 is 0. The van der Waals surface area contributed by atoms with Crippen molar-refractivity contribution in [2.45, 2.75) is 20.8 Å². The molecule has 18 heavy (non-hydrogen) atoms. The summed E-state index contributed by atoms with van der Waals surface area (Å²) in [6.07, 6.45) is 3.71. The van der Waals surface area contributed by atoms with Crippen LogP contribution < -0.4 is 0 Å². The van der Waals surface area contributed by atoms with E-state index in [1.807, 2.05) is 25.1 Å². The van der Waals surface area contributed by atoms with Crippen LogP contribution in [0.1, 0.15) is 25.0 Å². The molecule has 0 unspecified atom stereocenters. The lowest BCUT2D eigenvalue weighted by Crippen LogP contribution is -1.96. The van der Waals surface area contributed by atoms with Gasteiger partial charge in [-0.1, -0.05) is 48.1 Å². The van der Waals surface area contributed by atoms with Crippen LogP contribution in [-0.2, 0) is 4.79 Å². The predicted molar refractivity (Wildman–Crippen MR) is 78.0 cm³/mol. The van der Waals surface area contributed by atoms with Crippen molar-refractivity contribution in [3.8, 4) is 0 Å². The number of ketones is 1. The molecule has 0 amide bonds. The lowest BCUT2D eigenvalue weighted by molar-refractivity contribution is -0.115. The molecule has 0 atom stereocenters. The zero-order valence-corrected chi connectivity index (χ0v) is 11.2. The number of nitrogens with zero attached hydrogens (tertiary/aromatic N) is 1. The van der Waals surface area contributed by atoms with Gasteiger partial charge in [0.2, 0.25) is 0 Å². The topological polar surface area (TPSA) is 29.4 Å². The van der Waals surface area contributed by atoms with Crippen molar-refractivity contribution in [3.63, 3.8) is 0 Å². The van der Waals surface area contributed by atoms with Crippen LogP contribution in [0.4, 0.5) is 0 Å². The van der Waals surface area contributed by atoms with E-state index < -0.39 is 0 Å². The van der Waals surface area contributed by atoms with E-state index in [1.165, 1.54) is 12.5 Å². The molecule has 0 heterocycles. The van der Waals surface area contributed by atoms with Gasteiger partial charge in [-0.25, -0.2) is 0 Å². The Kier molecular flexibility index (Phi) is 5.25. The largest absolute Gasteiger partial charge is 0.298 e. The Labute approximate surface area is 109 Å². The van der Waals surface area contributed by atoms with Crippen LogP contribution in [0.3, 0.4) is 0 Å². The Morgan fingerprint density at radius 3 is 2.67 bits per heavy atom. The van der Waals surface area contributed by atoms with Crippen LogP contribution in [-0.4, -0.2) is 18.5 Å². The van der Waals surface area contributed by atoms with Gasteiger partial charge < -0.3 is 0 Å². The molecule has 0 aliphatic heterocycles. The van der Waals surface area contributed by atoms with Crippen LogP contribution in [0.25, 0.3) is 5.57 Å². The van der Waals surface area contributed by atoms with E-state index in [0.29, 0.717) is 0 Å². The first-order valence-corrected chi connectivity index (χ1v) is 5.92. The highest BCUT2D eigenvalue weighted by molar-refractivity contribution is 6.10. The van der Waals surface area contributed by atoms with Gasteiger partial charge in [0.15, 0.2) is 5.78 Å². The molecule has 0 saturated heterocycles. The molecule has 0 bridgehead atoms. The minimum absolute atomic E-state index is 0.0603. The molecule has 0 aliphatic rings. The third-order valence-electron chi connectivity index (χ3n) is 2.30. The van der Waals surface area contributed by atoms with Crippen LogP contribution in [0, 0.1) is 6.92 Å². The SMILES string of the molecule is C=C(C)/C=C(\C=NCC(C)=O)c1cccc(C)c1. The number of rotatable bonds is 5. The van der Waals surface area contributed by atoms with Gasteiger partial charge in [-0.05, 0) is 31.9 Å². The second-order valence-corrected chi connectivity index (χ2v) is 4.49. The normalized spacial score (nSPS) is 11.8. The third kappa shape index (κ3) is 4.91. The monoisotopic (exact) mass is 241 g/mol. The Morgan fingerprint density at radius 1 is 1.39 bits per heavy atom. The Balaban J connectivity index is 3.03. The Morgan fingerprint density at radius 2 is 2.11 bits per heavy atom. The third-order valence-corrected chi connectivity index (χ3v) is 2.30. The molecule has 1 aromatic carbocycles. The van der Waals surface area contributed by atoms with Crippen LogP contribution in [0.2, 0.25) is 0 Å². The van der Waals surface area contributed by atoms with Gasteiger partial charge in [0, 0.05) is 6.21 Å². The summed E-state index contributed by atoms with van der Waals surface area (Å²) in [6, 6.07) is 8.18. The number of hydrogen-bond acceptors (Lipinski definition) is 2. The van der Waals surface area contributed by atoms with Crippen molar-refractivity contribution in [1.82, 2.24) is 0 Å². The van der Waals surface area contributed by atoms with E-state index in [9.17, 15) is 4.79 Å². The van der Waals surface area contributed by atoms with E-state index >= 15 is 0 Å². The van der Waals surface area contributed by atoms with Crippen molar-refractivity contribution in [2.24, 2.45) is 4.99 Å². The highest BCUT2D eigenvalue weighted by atomic mass is 16.1. The summed E-state index contributed by atoms with van der Waals surface area (Å²) in [6.45, 7) is 9.63. The maximum atomic E-state index is 10.9. The number of carbonyl (C=O) groups excluding carboxylic acids is 1. The van der Waals surface area contributed by atoms with Gasteiger partial charge in [0.25, 0.3) is 0 Å². The number of benzene rings is 1. The number of Topliss-reactive ketones (excluding diaryl/α,β-unsaturated/α-hetero) is 1. The van der Waals surface area contributed by atoms with Crippen molar-refractivity contribution in [3.05, 3.63) is 53.6 Å². The number of hydrogen-bond donors (Lipinski definition) is 0. The smallest absolute Gasteiger partial charge is 0.151 e. The first kappa shape index (κ1) is 14.1. The molecule has 0 spiro atoms. The van der Waals surface area contributed by atoms with Crippen molar-refractivity contribution in [1.29, 1.82) is 0 Å². The summed E-state index contributed by atoms with van der Waals surface area (Å²) in [4.78, 5) is 15.0. The fourth-order valence-corrected chi connectivity index (χ4v) is 1.56. The van der Waals surface area contributed by atoms with E-state index in [-0.39, 0.29) is 12.3 Å². The lowest BCUT2D eigenvalue weighted by Gasteiger charge is -2.04. The minimum Gasteiger partial charge on any atom is -0.298 e. The molecule has 2 nitrogen and oxygen atoms in total. The molecule has 0 fully saturated rings. The van der Waals surface area contributed by atoms with Crippen LogP contribution in [0.15, 0.2) is 47.5 Å². The standard InChI is InChI=1S/C16H19NO/c1-12(2)8-16(11-17-10-14(4)18)15-7-5-6-13(3)9-15/h5-9,11H,1,10H2,2-4H3/b16-8+,17-11?. The molecular weight excluding hydrogens is 222 g/mol. The van der Waals surface area contributed by atoms with Crippen molar-refractivity contribution < 1.29 is 4.79 Å². The molecule has 2 heteroatoms. The Hall–Kier alpha value is -1.96. The maximum absolute atomic E-state index is 10.9. The Bertz CT molecular complexity index is 510. The summed E-state index contributed by atoms with van der Waals surface area (Å²) in [5.74, 6) is 0.0603. The highest BCUT2D eigenvalue weighted by Crippen LogP contribution is 2.16. The average molecular weight is 241 g/mol. The fraction of sp³-hybridized carbons (Fsp3) is 0.250. The van der Waals surface area contributed by atoms with Gasteiger partial charge in [-0.3, -0.25) is 9.79 Å². The molecule has 0 aromatic heterocycles. The van der Waals surface area contributed by atoms with Gasteiger partial charge in [0.05, 0.1) is 6.54 Å². The second kappa shape index (κ2) is 6.70. The summed E-state index contributed by atoms with van der Waals surface area (Å²) in [7, 11) is 0. The number of aryl methyl sites for hydroxylation is 1. The highest BCUT2D eigenvalue weighted by Gasteiger charge is 1.99. The molecule has 0 N–H and O–H groups in total. The summed E-state index contributed by atoms with van der Waals surface area (Å²) in [5, 5.41) is 0. The quantitative estimate of drug-likeness (QED) is 0.572. The molecule has 1 aromatic rings. The lowest BCUT2D eigenvalue weighted by atomic mass is 10.0. The van der Waals surface area contributed by atoms with E-state index in [0.717, 1.165) is 16.7 Å². The van der Waals surface area contributed by atoms with Crippen molar-refractivity contribution in [2.75, 3.05) is 6.54 Å². The van der Waals surface area contributed by atoms with Gasteiger partial charge in [-0.15, -0.1) is 0 Å². The second-order valence-electron chi connectivity index (χ2n) is 4.49. The van der Waals surface area contributed by atoms with Crippen molar-refractivity contribution >= 4 is 17.6 Å². The zero-order chi connectivity index (χ0) is 13.5. The fourth-order valence-electron chi connectivity index (χ4n) is 1.56. The number of allylic oxidation sites excluding steroid dienone is 3. The van der Waals surface area contributed by atoms with Crippen LogP contribution in [0.5, 0.6) is 0 Å². The van der Waals surface area contributed by atoms with Gasteiger partial charge >= 0.3 is 0 Å². The van der Waals surface area contributed by atoms with E-state index in [4.69, 9.17) is 0 Å². The van der Waals surface area contributed by atoms with Crippen LogP contribution >= 0.6 is 0 Å². The summed E-state index contributed by atoms with van der Waals surface area (Å²) in [5.41, 5.74) is 4.22. The molecule has 94 valence electrons. The first-order chi connectivity index (χ1) is 8.49. The average Bonchev–Trinajstić information content (AvgIpc) is 2.26. The van der Waals surface area contributed by atoms with E-state index in [2.05, 4.69) is 30.6 Å². The molecular formula is C16H19NO. The zero-order valence-electron chi connectivity index (χ0n) is 11.2. The maximum Gasteiger partial charge on any atom is 0.151 e. The minimum atomic E-state index is 0.0603. The molecule has 1 rings (SSSR count). The van der Waals surface area contributed by atoms with Gasteiger partial charge in [0.1, 0.15) is 0 Å². The van der Waals surface area contributed by atoms with E-state index in [1.54, 1.807) is 6.21 Å². The first-order valence-electron chi connectivity index (χ1n) is 5.92. The molecule has 0 aliphatic carbocycles. The predicted octanol–water partition coefficient (Wildman–Crippen LogP) is 3.61. The molecule has 0 radical (unpaired) electrons. The summed E-state index contributed by atoms with van der Waals surface area (Å²) >= 11 is 0.